The van der Waals surface area contributed by atoms with E-state index in [1.807, 2.05) is 0 Å². The monoisotopic (exact) mass is 534 g/mol. The van der Waals surface area contributed by atoms with Gasteiger partial charge in [0.2, 0.25) is 0 Å². The smallest absolute Gasteiger partial charge is 0.168 e. The molecule has 1 aliphatic rings. The first-order valence-corrected chi connectivity index (χ1v) is 16.9. The van der Waals surface area contributed by atoms with Crippen molar-refractivity contribution in [1.29, 1.82) is 0 Å². The summed E-state index contributed by atoms with van der Waals surface area (Å²) >= 11 is 0. The second-order valence-corrected chi connectivity index (χ2v) is 12.1. The minimum Gasteiger partial charge on any atom is -0.347 e. The fourth-order valence-electron chi connectivity index (χ4n) is 5.46. The van der Waals surface area contributed by atoms with E-state index in [9.17, 15) is 0 Å². The molecule has 0 N–H and O–H groups in total. The lowest BCUT2D eigenvalue weighted by atomic mass is 9.98. The highest BCUT2D eigenvalue weighted by molar-refractivity contribution is 4.92. The molecule has 0 aromatic carbocycles. The lowest BCUT2D eigenvalue weighted by Gasteiger charge is -2.29. The van der Waals surface area contributed by atoms with Gasteiger partial charge in [0, 0.05) is 19.4 Å². The van der Waals surface area contributed by atoms with E-state index >= 15 is 0 Å². The Morgan fingerprint density at radius 3 is 1.66 bits per heavy atom. The lowest BCUT2D eigenvalue weighted by molar-refractivity contribution is -0.180. The summed E-state index contributed by atoms with van der Waals surface area (Å²) in [6, 6.07) is 0. The van der Waals surface area contributed by atoms with Crippen LogP contribution in [0.25, 0.3) is 0 Å². The summed E-state index contributed by atoms with van der Waals surface area (Å²) in [6.45, 7) is 6.42. The number of rotatable bonds is 27. The molecular formula is C35H67NO2. The molecule has 1 heterocycles. The number of hydrogen-bond donors (Lipinski definition) is 0. The molecule has 2 unspecified atom stereocenters. The molecule has 0 saturated carbocycles. The molecule has 0 aromatic rings. The second kappa shape index (κ2) is 25.3. The van der Waals surface area contributed by atoms with Crippen LogP contribution < -0.4 is 0 Å². The first-order valence-electron chi connectivity index (χ1n) is 16.9. The zero-order valence-corrected chi connectivity index (χ0v) is 26.3. The molecule has 0 spiro atoms. The Balaban J connectivity index is 2.17. The zero-order valence-electron chi connectivity index (χ0n) is 26.3. The molecule has 0 radical (unpaired) electrons. The van der Waals surface area contributed by atoms with Gasteiger partial charge in [0.05, 0.1) is 12.7 Å². The Bertz CT molecular complexity index is 558. The summed E-state index contributed by atoms with van der Waals surface area (Å²) in [4.78, 5) is 2.25. The van der Waals surface area contributed by atoms with Crippen molar-refractivity contribution >= 4 is 0 Å². The van der Waals surface area contributed by atoms with Crippen molar-refractivity contribution in [2.75, 3.05) is 27.2 Å². The van der Waals surface area contributed by atoms with Crippen LogP contribution in [0.1, 0.15) is 162 Å². The highest BCUT2D eigenvalue weighted by Crippen LogP contribution is 2.35. The first-order chi connectivity index (χ1) is 18.6. The molecule has 0 aliphatic carbocycles. The van der Waals surface area contributed by atoms with Gasteiger partial charge in [-0.15, -0.1) is 0 Å². The van der Waals surface area contributed by atoms with Crippen molar-refractivity contribution in [3.8, 4) is 0 Å². The Hall–Kier alpha value is -0.640. The van der Waals surface area contributed by atoms with Crippen molar-refractivity contribution in [3.05, 3.63) is 24.3 Å². The van der Waals surface area contributed by atoms with Gasteiger partial charge in [0.15, 0.2) is 5.79 Å². The maximum Gasteiger partial charge on any atom is 0.168 e. The molecule has 1 saturated heterocycles. The summed E-state index contributed by atoms with van der Waals surface area (Å²) < 4.78 is 13.0. The Morgan fingerprint density at radius 2 is 1.11 bits per heavy atom. The van der Waals surface area contributed by atoms with Gasteiger partial charge in [-0.05, 0) is 65.5 Å². The third kappa shape index (κ3) is 20.3. The SMILES string of the molecule is CCCCC/C=C\C/C=C\CCCCCCCCC1(CCCCCCCCCC)OCC(CCN(C)C)O1. The van der Waals surface area contributed by atoms with Crippen LogP contribution in [-0.4, -0.2) is 44.0 Å². The topological polar surface area (TPSA) is 21.7 Å². The van der Waals surface area contributed by atoms with Crippen molar-refractivity contribution in [1.82, 2.24) is 4.90 Å². The normalized spacial score (nSPS) is 20.1. The summed E-state index contributed by atoms with van der Waals surface area (Å²) in [5, 5.41) is 0. The quantitative estimate of drug-likeness (QED) is 0.0774. The molecule has 3 heteroatoms. The molecular weight excluding hydrogens is 466 g/mol. The number of nitrogens with zero attached hydrogens (tertiary/aromatic N) is 1. The van der Waals surface area contributed by atoms with Crippen molar-refractivity contribution in [3.63, 3.8) is 0 Å². The van der Waals surface area contributed by atoms with Crippen LogP contribution in [0.2, 0.25) is 0 Å². The fraction of sp³-hybridized carbons (Fsp3) is 0.886. The lowest BCUT2D eigenvalue weighted by Crippen LogP contribution is -2.31. The number of hydrogen-bond acceptors (Lipinski definition) is 3. The second-order valence-electron chi connectivity index (χ2n) is 12.1. The van der Waals surface area contributed by atoms with Crippen LogP contribution in [0.5, 0.6) is 0 Å². The van der Waals surface area contributed by atoms with Gasteiger partial charge < -0.3 is 14.4 Å². The molecule has 0 amide bonds. The molecule has 1 rings (SSSR count). The fourth-order valence-corrected chi connectivity index (χ4v) is 5.46. The van der Waals surface area contributed by atoms with Crippen LogP contribution in [0, 0.1) is 0 Å². The van der Waals surface area contributed by atoms with E-state index in [0.717, 1.165) is 38.8 Å². The Labute approximate surface area is 239 Å². The van der Waals surface area contributed by atoms with E-state index in [1.54, 1.807) is 0 Å². The summed E-state index contributed by atoms with van der Waals surface area (Å²) in [5.74, 6) is -0.297. The summed E-state index contributed by atoms with van der Waals surface area (Å²) in [6.07, 6.45) is 39.4. The first kappa shape index (κ1) is 35.4. The van der Waals surface area contributed by atoms with Gasteiger partial charge in [-0.25, -0.2) is 0 Å². The Kier molecular flexibility index (Phi) is 23.6. The predicted octanol–water partition coefficient (Wildman–Crippen LogP) is 10.8. The van der Waals surface area contributed by atoms with E-state index in [-0.39, 0.29) is 11.9 Å². The van der Waals surface area contributed by atoms with Crippen LogP contribution in [0.15, 0.2) is 24.3 Å². The molecule has 1 aliphatic heterocycles. The predicted molar refractivity (Wildman–Crippen MR) is 168 cm³/mol. The van der Waals surface area contributed by atoms with E-state index in [0.29, 0.717) is 0 Å². The van der Waals surface area contributed by atoms with E-state index in [2.05, 4.69) is 57.1 Å². The van der Waals surface area contributed by atoms with Gasteiger partial charge in [-0.2, -0.15) is 0 Å². The van der Waals surface area contributed by atoms with E-state index in [4.69, 9.17) is 9.47 Å². The molecule has 0 bridgehead atoms. The molecule has 2 atom stereocenters. The van der Waals surface area contributed by atoms with Crippen molar-refractivity contribution < 1.29 is 9.47 Å². The molecule has 224 valence electrons. The third-order valence-corrected chi connectivity index (χ3v) is 7.98. The summed E-state index contributed by atoms with van der Waals surface area (Å²) in [7, 11) is 4.29. The number of allylic oxidation sites excluding steroid dienone is 4. The van der Waals surface area contributed by atoms with Crippen LogP contribution in [0.4, 0.5) is 0 Å². The maximum absolute atomic E-state index is 6.62. The minimum absolute atomic E-state index is 0.274. The van der Waals surface area contributed by atoms with Crippen molar-refractivity contribution in [2.24, 2.45) is 0 Å². The number of unbranched alkanes of at least 4 members (excludes halogenated alkanes) is 16. The van der Waals surface area contributed by atoms with Crippen LogP contribution in [0.3, 0.4) is 0 Å². The molecule has 38 heavy (non-hydrogen) atoms. The molecule has 3 nitrogen and oxygen atoms in total. The largest absolute Gasteiger partial charge is 0.347 e. The van der Waals surface area contributed by atoms with Gasteiger partial charge in [0.1, 0.15) is 0 Å². The van der Waals surface area contributed by atoms with E-state index in [1.165, 1.54) is 122 Å². The van der Waals surface area contributed by atoms with Gasteiger partial charge in [0.25, 0.3) is 0 Å². The maximum atomic E-state index is 6.62. The highest BCUT2D eigenvalue weighted by Gasteiger charge is 2.40. The van der Waals surface area contributed by atoms with Gasteiger partial charge in [-0.1, -0.05) is 122 Å². The average molecular weight is 534 g/mol. The van der Waals surface area contributed by atoms with Gasteiger partial charge in [-0.3, -0.25) is 0 Å². The molecule has 1 fully saturated rings. The third-order valence-electron chi connectivity index (χ3n) is 7.98. The van der Waals surface area contributed by atoms with Crippen LogP contribution >= 0.6 is 0 Å². The average Bonchev–Trinajstić information content (AvgIpc) is 3.32. The number of ether oxygens (including phenoxy) is 2. The minimum atomic E-state index is -0.297. The van der Waals surface area contributed by atoms with Crippen molar-refractivity contribution in [2.45, 2.75) is 173 Å². The Morgan fingerprint density at radius 1 is 0.632 bits per heavy atom. The van der Waals surface area contributed by atoms with E-state index < -0.39 is 0 Å². The highest BCUT2D eigenvalue weighted by atomic mass is 16.7. The molecule has 0 aromatic heterocycles. The standard InChI is InChI=1S/C35H67NO2/c1-5-7-9-11-13-15-16-17-18-19-20-21-22-24-26-28-31-35(30-27-25-23-14-12-10-8-6-2)37-33-34(38-35)29-32-36(3)4/h13,15,17-18,34H,5-12,14,16,19-33H2,1-4H3/b15-13-,18-17-. The summed E-state index contributed by atoms with van der Waals surface area (Å²) in [5.41, 5.74) is 0. The van der Waals surface area contributed by atoms with Crippen LogP contribution in [-0.2, 0) is 9.47 Å². The zero-order chi connectivity index (χ0) is 27.6. The van der Waals surface area contributed by atoms with Gasteiger partial charge >= 0.3 is 0 Å².